The van der Waals surface area contributed by atoms with Gasteiger partial charge in [-0.3, -0.25) is 9.59 Å². The van der Waals surface area contributed by atoms with Gasteiger partial charge in [0.15, 0.2) is 12.4 Å². The second-order valence-electron chi connectivity index (χ2n) is 7.86. The van der Waals surface area contributed by atoms with E-state index < -0.39 is 22.6 Å². The Bertz CT molecular complexity index is 1090. The van der Waals surface area contributed by atoms with Crippen LogP contribution in [0.3, 0.4) is 0 Å². The van der Waals surface area contributed by atoms with Gasteiger partial charge in [0.1, 0.15) is 0 Å². The van der Waals surface area contributed by atoms with E-state index in [0.717, 1.165) is 25.7 Å². The number of ether oxygens (including phenoxy) is 1. The van der Waals surface area contributed by atoms with Crippen molar-refractivity contribution >= 4 is 33.4 Å². The molecule has 0 spiro atoms. The molecular formula is C24H28N2O6S. The Morgan fingerprint density at radius 3 is 2.12 bits per heavy atom. The van der Waals surface area contributed by atoms with Crippen molar-refractivity contribution in [3.8, 4) is 0 Å². The summed E-state index contributed by atoms with van der Waals surface area (Å²) in [5.41, 5.74) is 1.09. The number of anilines is 1. The Balaban J connectivity index is 1.55. The van der Waals surface area contributed by atoms with E-state index in [1.54, 1.807) is 24.3 Å². The number of rotatable bonds is 9. The van der Waals surface area contributed by atoms with E-state index in [1.807, 2.05) is 6.92 Å². The van der Waals surface area contributed by atoms with Gasteiger partial charge in [0.05, 0.1) is 10.5 Å². The summed E-state index contributed by atoms with van der Waals surface area (Å²) < 4.78 is 32.0. The Morgan fingerprint density at radius 2 is 1.52 bits per heavy atom. The third kappa shape index (κ3) is 6.49. The summed E-state index contributed by atoms with van der Waals surface area (Å²) in [6.07, 6.45) is 3.86. The Hall–Kier alpha value is -3.04. The highest BCUT2D eigenvalue weighted by atomic mass is 32.2. The lowest BCUT2D eigenvalue weighted by Crippen LogP contribution is -2.35. The van der Waals surface area contributed by atoms with Crippen LogP contribution in [0.2, 0.25) is 0 Å². The van der Waals surface area contributed by atoms with Gasteiger partial charge in [-0.2, -0.15) is 4.31 Å². The van der Waals surface area contributed by atoms with Crippen molar-refractivity contribution in [2.24, 2.45) is 0 Å². The number of benzene rings is 2. The number of carbonyl (C=O) groups is 3. The average Bonchev–Trinajstić information content (AvgIpc) is 2.83. The fourth-order valence-corrected chi connectivity index (χ4v) is 5.02. The van der Waals surface area contributed by atoms with Crippen LogP contribution in [0.15, 0.2) is 53.4 Å². The summed E-state index contributed by atoms with van der Waals surface area (Å²) in [4.78, 5) is 36.4. The highest BCUT2D eigenvalue weighted by Gasteiger charge is 2.26. The van der Waals surface area contributed by atoms with E-state index >= 15 is 0 Å². The van der Waals surface area contributed by atoms with Crippen molar-refractivity contribution in [2.75, 3.05) is 25.0 Å². The number of carbonyl (C=O) groups excluding carboxylic acids is 3. The Kier molecular flexibility index (Phi) is 8.35. The van der Waals surface area contributed by atoms with Crippen LogP contribution in [-0.4, -0.2) is 50.1 Å². The molecule has 1 fully saturated rings. The van der Waals surface area contributed by atoms with Crippen LogP contribution in [0, 0.1) is 0 Å². The van der Waals surface area contributed by atoms with Crippen molar-refractivity contribution in [3.05, 3.63) is 59.7 Å². The number of amides is 1. The van der Waals surface area contributed by atoms with Crippen molar-refractivity contribution < 1.29 is 27.5 Å². The summed E-state index contributed by atoms with van der Waals surface area (Å²) in [6, 6.07) is 11.9. The molecule has 0 aromatic heterocycles. The van der Waals surface area contributed by atoms with E-state index in [0.29, 0.717) is 30.8 Å². The normalized spacial score (nSPS) is 14.5. The van der Waals surface area contributed by atoms with Crippen molar-refractivity contribution in [3.63, 3.8) is 0 Å². The van der Waals surface area contributed by atoms with Crippen LogP contribution < -0.4 is 5.32 Å². The van der Waals surface area contributed by atoms with Crippen molar-refractivity contribution in [2.45, 2.75) is 43.9 Å². The minimum atomic E-state index is -3.58. The second-order valence-corrected chi connectivity index (χ2v) is 9.80. The first-order valence-corrected chi connectivity index (χ1v) is 12.5. The number of piperidine rings is 1. The number of nitrogens with one attached hydrogen (secondary N) is 1. The molecule has 1 saturated heterocycles. The number of hydrogen-bond acceptors (Lipinski definition) is 6. The van der Waals surface area contributed by atoms with Gasteiger partial charge in [-0.1, -0.05) is 13.3 Å². The van der Waals surface area contributed by atoms with Gasteiger partial charge >= 0.3 is 5.97 Å². The summed E-state index contributed by atoms with van der Waals surface area (Å²) in [5, 5.41) is 2.74. The number of nitrogens with zero attached hydrogens (tertiary/aromatic N) is 1. The molecule has 33 heavy (non-hydrogen) atoms. The first-order valence-electron chi connectivity index (χ1n) is 11.0. The highest BCUT2D eigenvalue weighted by molar-refractivity contribution is 7.89. The fourth-order valence-electron chi connectivity index (χ4n) is 3.51. The molecule has 8 nitrogen and oxygen atoms in total. The Labute approximate surface area is 194 Å². The molecule has 0 atom stereocenters. The van der Waals surface area contributed by atoms with Gasteiger partial charge < -0.3 is 10.1 Å². The molecule has 1 amide bonds. The minimum absolute atomic E-state index is 0.0970. The summed E-state index contributed by atoms with van der Waals surface area (Å²) in [6.45, 7) is 2.46. The quantitative estimate of drug-likeness (QED) is 0.441. The minimum Gasteiger partial charge on any atom is -0.454 e. The Morgan fingerprint density at radius 1 is 0.909 bits per heavy atom. The first kappa shape index (κ1) is 24.6. The number of ketones is 1. The lowest BCUT2D eigenvalue weighted by Gasteiger charge is -2.25. The predicted octanol–water partition coefficient (Wildman–Crippen LogP) is 3.64. The first-order chi connectivity index (χ1) is 15.8. The maximum absolute atomic E-state index is 12.7. The van der Waals surface area contributed by atoms with Crippen LogP contribution in [-0.2, 0) is 19.6 Å². The molecule has 176 valence electrons. The SMILES string of the molecule is CCCC(=O)Nc1ccc(C(=O)COC(=O)c2ccc(S(=O)(=O)N3CCCCC3)cc2)cc1. The molecule has 2 aromatic carbocycles. The van der Waals surface area contributed by atoms with Crippen molar-refractivity contribution in [1.82, 2.24) is 4.31 Å². The lowest BCUT2D eigenvalue weighted by atomic mass is 10.1. The molecule has 0 bridgehead atoms. The zero-order valence-electron chi connectivity index (χ0n) is 18.6. The maximum atomic E-state index is 12.7. The topological polar surface area (TPSA) is 110 Å². The molecule has 3 rings (SSSR count). The van der Waals surface area contributed by atoms with Crippen LogP contribution in [0.25, 0.3) is 0 Å². The van der Waals surface area contributed by atoms with E-state index in [4.69, 9.17) is 4.74 Å². The average molecular weight is 473 g/mol. The number of esters is 1. The third-order valence-electron chi connectivity index (χ3n) is 5.34. The van der Waals surface area contributed by atoms with Gasteiger partial charge in [-0.25, -0.2) is 13.2 Å². The number of sulfonamides is 1. The molecule has 1 N–H and O–H groups in total. The van der Waals surface area contributed by atoms with Gasteiger partial charge in [-0.05, 0) is 67.8 Å². The van der Waals surface area contributed by atoms with Gasteiger partial charge in [0, 0.05) is 30.8 Å². The fraction of sp³-hybridized carbons (Fsp3) is 0.375. The van der Waals surface area contributed by atoms with Crippen LogP contribution in [0.1, 0.15) is 59.7 Å². The second kappa shape index (κ2) is 11.2. The van der Waals surface area contributed by atoms with Gasteiger partial charge in [0.25, 0.3) is 0 Å². The van der Waals surface area contributed by atoms with E-state index in [-0.39, 0.29) is 22.1 Å². The molecular weight excluding hydrogens is 444 g/mol. The van der Waals surface area contributed by atoms with E-state index in [1.165, 1.54) is 28.6 Å². The van der Waals surface area contributed by atoms with Crippen molar-refractivity contribution in [1.29, 1.82) is 0 Å². The molecule has 1 aliphatic heterocycles. The number of hydrogen-bond donors (Lipinski definition) is 1. The van der Waals surface area contributed by atoms with Crippen LogP contribution in [0.4, 0.5) is 5.69 Å². The lowest BCUT2D eigenvalue weighted by molar-refractivity contribution is -0.116. The molecule has 1 heterocycles. The van der Waals surface area contributed by atoms with E-state index in [2.05, 4.69) is 5.32 Å². The summed E-state index contributed by atoms with van der Waals surface area (Å²) >= 11 is 0. The zero-order chi connectivity index (χ0) is 23.8. The zero-order valence-corrected chi connectivity index (χ0v) is 19.4. The van der Waals surface area contributed by atoms with Crippen LogP contribution >= 0.6 is 0 Å². The third-order valence-corrected chi connectivity index (χ3v) is 7.26. The monoisotopic (exact) mass is 472 g/mol. The molecule has 0 unspecified atom stereocenters. The number of Topliss-reactive ketones (excluding diaryl/α,β-unsaturated/α-hetero) is 1. The highest BCUT2D eigenvalue weighted by Crippen LogP contribution is 2.21. The standard InChI is InChI=1S/C24H28N2O6S/c1-2-6-23(28)25-20-11-7-18(8-12-20)22(27)17-32-24(29)19-9-13-21(14-10-19)33(30,31)26-15-4-3-5-16-26/h7-14H,2-6,15-17H2,1H3,(H,25,28). The molecule has 2 aromatic rings. The molecule has 0 aliphatic carbocycles. The molecule has 0 radical (unpaired) electrons. The molecule has 0 saturated carbocycles. The summed E-state index contributed by atoms with van der Waals surface area (Å²) in [5.74, 6) is -1.20. The van der Waals surface area contributed by atoms with Gasteiger partial charge in [-0.15, -0.1) is 0 Å². The largest absolute Gasteiger partial charge is 0.454 e. The molecule has 1 aliphatic rings. The maximum Gasteiger partial charge on any atom is 0.338 e. The van der Waals surface area contributed by atoms with Gasteiger partial charge in [0.2, 0.25) is 15.9 Å². The smallest absolute Gasteiger partial charge is 0.338 e. The van der Waals surface area contributed by atoms with Crippen LogP contribution in [0.5, 0.6) is 0 Å². The summed E-state index contributed by atoms with van der Waals surface area (Å²) in [7, 11) is -3.58. The van der Waals surface area contributed by atoms with E-state index in [9.17, 15) is 22.8 Å². The predicted molar refractivity (Wildman–Crippen MR) is 124 cm³/mol. The molecule has 9 heteroatoms.